The molecular formula is C16H23NO6S. The van der Waals surface area contributed by atoms with E-state index in [1.165, 1.54) is 14.2 Å². The SMILES string of the molecule is COCC1(C(=O)O)CCCN1S(=O)(=O)c1c(C)cc(C)cc1OC. The molecule has 1 aliphatic heterocycles. The maximum absolute atomic E-state index is 13.3. The molecule has 1 aromatic carbocycles. The Hall–Kier alpha value is -1.64. The fourth-order valence-corrected chi connectivity index (χ4v) is 5.50. The number of ether oxygens (including phenoxy) is 2. The van der Waals surface area contributed by atoms with Gasteiger partial charge in [0.25, 0.3) is 0 Å². The van der Waals surface area contributed by atoms with Crippen LogP contribution in [0.1, 0.15) is 24.0 Å². The molecule has 0 saturated carbocycles. The van der Waals surface area contributed by atoms with Crippen molar-refractivity contribution in [1.29, 1.82) is 0 Å². The third kappa shape index (κ3) is 2.89. The zero-order valence-corrected chi connectivity index (χ0v) is 15.1. The van der Waals surface area contributed by atoms with Crippen molar-refractivity contribution in [3.63, 3.8) is 0 Å². The van der Waals surface area contributed by atoms with Gasteiger partial charge in [0.05, 0.1) is 13.7 Å². The number of rotatable bonds is 6. The summed E-state index contributed by atoms with van der Waals surface area (Å²) in [5.41, 5.74) is -0.197. The average Bonchev–Trinajstić information content (AvgIpc) is 2.92. The second-order valence-corrected chi connectivity index (χ2v) is 7.86. The van der Waals surface area contributed by atoms with Crippen LogP contribution in [0.3, 0.4) is 0 Å². The van der Waals surface area contributed by atoms with Gasteiger partial charge in [0, 0.05) is 13.7 Å². The smallest absolute Gasteiger partial charge is 0.327 e. The van der Waals surface area contributed by atoms with Crippen LogP contribution >= 0.6 is 0 Å². The van der Waals surface area contributed by atoms with Crippen LogP contribution in [0, 0.1) is 13.8 Å². The Balaban J connectivity index is 2.64. The molecule has 1 N–H and O–H groups in total. The maximum Gasteiger partial charge on any atom is 0.327 e. The first kappa shape index (κ1) is 18.7. The van der Waals surface area contributed by atoms with E-state index in [-0.39, 0.29) is 30.2 Å². The molecular weight excluding hydrogens is 334 g/mol. The van der Waals surface area contributed by atoms with E-state index in [1.807, 2.05) is 6.92 Å². The number of aliphatic carboxylic acids is 1. The first-order chi connectivity index (χ1) is 11.2. The third-order valence-electron chi connectivity index (χ3n) is 4.36. The van der Waals surface area contributed by atoms with Crippen LogP contribution in [0.15, 0.2) is 17.0 Å². The molecule has 1 atom stereocenters. The molecule has 1 unspecified atom stereocenters. The van der Waals surface area contributed by atoms with Gasteiger partial charge in [0.15, 0.2) is 5.54 Å². The van der Waals surface area contributed by atoms with Gasteiger partial charge in [-0.15, -0.1) is 0 Å². The summed E-state index contributed by atoms with van der Waals surface area (Å²) < 4.78 is 37.9. The highest BCUT2D eigenvalue weighted by Crippen LogP contribution is 2.39. The van der Waals surface area contributed by atoms with E-state index in [2.05, 4.69) is 0 Å². The van der Waals surface area contributed by atoms with E-state index in [0.29, 0.717) is 12.0 Å². The second-order valence-electron chi connectivity index (χ2n) is 6.06. The molecule has 0 bridgehead atoms. The van der Waals surface area contributed by atoms with Crippen molar-refractivity contribution in [1.82, 2.24) is 4.31 Å². The first-order valence-corrected chi connectivity index (χ1v) is 9.05. The van der Waals surface area contributed by atoms with Crippen molar-refractivity contribution in [2.24, 2.45) is 0 Å². The summed E-state index contributed by atoms with van der Waals surface area (Å²) >= 11 is 0. The summed E-state index contributed by atoms with van der Waals surface area (Å²) in [6.45, 7) is 3.45. The minimum Gasteiger partial charge on any atom is -0.495 e. The van der Waals surface area contributed by atoms with Gasteiger partial charge in [-0.3, -0.25) is 4.79 Å². The highest BCUT2D eigenvalue weighted by Gasteiger charge is 2.54. The summed E-state index contributed by atoms with van der Waals surface area (Å²) in [5.74, 6) is -0.981. The molecule has 0 amide bonds. The Morgan fingerprint density at radius 3 is 2.54 bits per heavy atom. The molecule has 8 heteroatoms. The predicted molar refractivity (Wildman–Crippen MR) is 87.8 cm³/mol. The molecule has 0 radical (unpaired) electrons. The van der Waals surface area contributed by atoms with Gasteiger partial charge in [-0.25, -0.2) is 8.42 Å². The summed E-state index contributed by atoms with van der Waals surface area (Å²) in [7, 11) is -1.29. The van der Waals surface area contributed by atoms with Crippen LogP contribution in [0.2, 0.25) is 0 Å². The fraction of sp³-hybridized carbons (Fsp3) is 0.562. The van der Waals surface area contributed by atoms with E-state index >= 15 is 0 Å². The van der Waals surface area contributed by atoms with Crippen molar-refractivity contribution in [3.05, 3.63) is 23.3 Å². The molecule has 1 aliphatic rings. The van der Waals surface area contributed by atoms with Gasteiger partial charge in [-0.2, -0.15) is 4.31 Å². The number of carboxylic acid groups (broad SMARTS) is 1. The maximum atomic E-state index is 13.3. The van der Waals surface area contributed by atoms with Crippen molar-refractivity contribution >= 4 is 16.0 Å². The number of hydrogen-bond donors (Lipinski definition) is 1. The molecule has 1 fully saturated rings. The summed E-state index contributed by atoms with van der Waals surface area (Å²) in [5, 5.41) is 9.70. The Labute approximate surface area is 142 Å². The number of methoxy groups -OCH3 is 2. The Morgan fingerprint density at radius 1 is 1.33 bits per heavy atom. The molecule has 24 heavy (non-hydrogen) atoms. The van der Waals surface area contributed by atoms with Crippen LogP contribution in [0.4, 0.5) is 0 Å². The summed E-state index contributed by atoms with van der Waals surface area (Å²) in [6.07, 6.45) is 0.671. The summed E-state index contributed by atoms with van der Waals surface area (Å²) in [6, 6.07) is 3.37. The van der Waals surface area contributed by atoms with Crippen LogP contribution < -0.4 is 4.74 Å². The van der Waals surface area contributed by atoms with Gasteiger partial charge < -0.3 is 14.6 Å². The lowest BCUT2D eigenvalue weighted by Gasteiger charge is -2.33. The van der Waals surface area contributed by atoms with Gasteiger partial charge in [0.1, 0.15) is 10.6 Å². The van der Waals surface area contributed by atoms with Crippen molar-refractivity contribution in [3.8, 4) is 5.75 Å². The summed E-state index contributed by atoms with van der Waals surface area (Å²) in [4.78, 5) is 11.9. The van der Waals surface area contributed by atoms with E-state index in [0.717, 1.165) is 9.87 Å². The van der Waals surface area contributed by atoms with E-state index in [1.54, 1.807) is 19.1 Å². The molecule has 1 heterocycles. The van der Waals surface area contributed by atoms with Crippen molar-refractivity contribution < 1.29 is 27.8 Å². The lowest BCUT2D eigenvalue weighted by molar-refractivity contribution is -0.150. The zero-order chi connectivity index (χ0) is 18.1. The van der Waals surface area contributed by atoms with Crippen LogP contribution in [-0.2, 0) is 19.6 Å². The Morgan fingerprint density at radius 2 is 2.00 bits per heavy atom. The van der Waals surface area contributed by atoms with Crippen LogP contribution in [0.25, 0.3) is 0 Å². The van der Waals surface area contributed by atoms with Crippen molar-refractivity contribution in [2.75, 3.05) is 27.4 Å². The topological polar surface area (TPSA) is 93.1 Å². The molecule has 0 aliphatic carbocycles. The van der Waals surface area contributed by atoms with E-state index < -0.39 is 21.5 Å². The largest absolute Gasteiger partial charge is 0.495 e. The molecule has 0 spiro atoms. The molecule has 1 saturated heterocycles. The number of sulfonamides is 1. The van der Waals surface area contributed by atoms with Crippen LogP contribution in [-0.4, -0.2) is 56.7 Å². The number of carbonyl (C=O) groups is 1. The van der Waals surface area contributed by atoms with Gasteiger partial charge in [0.2, 0.25) is 10.0 Å². The zero-order valence-electron chi connectivity index (χ0n) is 14.3. The number of nitrogens with zero attached hydrogens (tertiary/aromatic N) is 1. The fourth-order valence-electron chi connectivity index (χ4n) is 3.37. The molecule has 2 rings (SSSR count). The molecule has 1 aromatic rings. The first-order valence-electron chi connectivity index (χ1n) is 7.61. The monoisotopic (exact) mass is 357 g/mol. The van der Waals surface area contributed by atoms with Gasteiger partial charge in [-0.1, -0.05) is 6.07 Å². The number of aryl methyl sites for hydroxylation is 2. The minimum atomic E-state index is -4.06. The average molecular weight is 357 g/mol. The van der Waals surface area contributed by atoms with Crippen molar-refractivity contribution in [2.45, 2.75) is 37.1 Å². The normalized spacial score (nSPS) is 21.8. The quantitative estimate of drug-likeness (QED) is 0.831. The van der Waals surface area contributed by atoms with Gasteiger partial charge in [-0.05, 0) is 43.9 Å². The van der Waals surface area contributed by atoms with E-state index in [9.17, 15) is 18.3 Å². The number of carboxylic acids is 1. The Bertz CT molecular complexity index is 745. The number of benzene rings is 1. The molecule has 7 nitrogen and oxygen atoms in total. The third-order valence-corrected chi connectivity index (χ3v) is 6.51. The van der Waals surface area contributed by atoms with E-state index in [4.69, 9.17) is 9.47 Å². The lowest BCUT2D eigenvalue weighted by Crippen LogP contribution is -2.56. The standard InChI is InChI=1S/C16H23NO6S/c1-11-8-12(2)14(13(9-11)23-4)24(20,21)17-7-5-6-16(17,10-22-3)15(18)19/h8-9H,5-7,10H2,1-4H3,(H,18,19). The highest BCUT2D eigenvalue weighted by atomic mass is 32.2. The van der Waals surface area contributed by atoms with Gasteiger partial charge >= 0.3 is 5.97 Å². The highest BCUT2D eigenvalue weighted by molar-refractivity contribution is 7.89. The second kappa shape index (κ2) is 6.70. The molecule has 134 valence electrons. The Kier molecular flexibility index (Phi) is 5.22. The number of hydrogen-bond acceptors (Lipinski definition) is 5. The molecule has 0 aromatic heterocycles. The lowest BCUT2D eigenvalue weighted by atomic mass is 9.99. The van der Waals surface area contributed by atoms with Crippen LogP contribution in [0.5, 0.6) is 5.75 Å². The predicted octanol–water partition coefficient (Wildman–Crippen LogP) is 1.57. The minimum absolute atomic E-state index is 0.0132.